The molecule has 0 fully saturated rings. The van der Waals surface area contributed by atoms with E-state index in [0.29, 0.717) is 12.8 Å². The maximum Gasteiger partial charge on any atom is 0.143 e. The molecule has 0 aliphatic heterocycles. The number of halogens is 1. The Kier molecular flexibility index (Phi) is 4.53. The van der Waals surface area contributed by atoms with Gasteiger partial charge in [-0.05, 0) is 30.2 Å². The molecule has 0 radical (unpaired) electrons. The second-order valence-electron chi connectivity index (χ2n) is 4.63. The fourth-order valence-corrected chi connectivity index (χ4v) is 2.50. The van der Waals surface area contributed by atoms with Crippen LogP contribution in [0.15, 0.2) is 34.8 Å². The van der Waals surface area contributed by atoms with Gasteiger partial charge in [-0.1, -0.05) is 35.0 Å². The minimum atomic E-state index is 0.212. The Morgan fingerprint density at radius 1 is 1.32 bits per heavy atom. The van der Waals surface area contributed by atoms with Gasteiger partial charge in [-0.2, -0.15) is 5.10 Å². The van der Waals surface area contributed by atoms with E-state index >= 15 is 0 Å². The quantitative estimate of drug-likeness (QED) is 0.848. The average Bonchev–Trinajstić information content (AvgIpc) is 2.70. The average molecular weight is 321 g/mol. The van der Waals surface area contributed by atoms with Gasteiger partial charge < -0.3 is 0 Å². The standard InChI is InChI=1S/C15H17BrN2O/c1-3-13-9-14(18(2)17-13)10-15(19)8-11-5-4-6-12(16)7-11/h4-7,9H,3,8,10H2,1-2H3. The molecule has 1 aromatic heterocycles. The zero-order chi connectivity index (χ0) is 13.8. The summed E-state index contributed by atoms with van der Waals surface area (Å²) in [6.07, 6.45) is 1.80. The first-order chi connectivity index (χ1) is 9.08. The molecule has 0 unspecified atom stereocenters. The van der Waals surface area contributed by atoms with Crippen molar-refractivity contribution in [2.75, 3.05) is 0 Å². The molecule has 4 heteroatoms. The van der Waals surface area contributed by atoms with Crippen molar-refractivity contribution in [1.82, 2.24) is 9.78 Å². The van der Waals surface area contributed by atoms with Crippen LogP contribution in [0.3, 0.4) is 0 Å². The van der Waals surface area contributed by atoms with Gasteiger partial charge in [0.15, 0.2) is 0 Å². The molecule has 0 atom stereocenters. The maximum atomic E-state index is 12.1. The zero-order valence-electron chi connectivity index (χ0n) is 11.2. The van der Waals surface area contributed by atoms with Crippen molar-refractivity contribution in [3.05, 3.63) is 51.8 Å². The fourth-order valence-electron chi connectivity index (χ4n) is 2.05. The molecule has 0 saturated heterocycles. The van der Waals surface area contributed by atoms with Crippen molar-refractivity contribution >= 4 is 21.7 Å². The molecule has 19 heavy (non-hydrogen) atoms. The van der Waals surface area contributed by atoms with Gasteiger partial charge in [0.05, 0.1) is 5.69 Å². The first-order valence-electron chi connectivity index (χ1n) is 6.36. The molecule has 0 saturated carbocycles. The Morgan fingerprint density at radius 3 is 2.74 bits per heavy atom. The van der Waals surface area contributed by atoms with Gasteiger partial charge in [0.25, 0.3) is 0 Å². The Bertz CT molecular complexity index is 590. The molecule has 1 heterocycles. The number of benzene rings is 1. The van der Waals surface area contributed by atoms with E-state index in [1.807, 2.05) is 37.4 Å². The number of hydrogen-bond donors (Lipinski definition) is 0. The van der Waals surface area contributed by atoms with Crippen molar-refractivity contribution < 1.29 is 4.79 Å². The molecule has 2 aromatic rings. The summed E-state index contributed by atoms with van der Waals surface area (Å²) in [4.78, 5) is 12.1. The Labute approximate surface area is 121 Å². The molecule has 0 aliphatic rings. The van der Waals surface area contributed by atoms with Crippen LogP contribution in [0.4, 0.5) is 0 Å². The molecule has 1 aromatic carbocycles. The van der Waals surface area contributed by atoms with E-state index in [2.05, 4.69) is 28.0 Å². The van der Waals surface area contributed by atoms with E-state index in [1.54, 1.807) is 4.68 Å². The van der Waals surface area contributed by atoms with Gasteiger partial charge in [0, 0.05) is 30.1 Å². The molecule has 0 amide bonds. The Hall–Kier alpha value is -1.42. The van der Waals surface area contributed by atoms with Crippen LogP contribution in [0.5, 0.6) is 0 Å². The summed E-state index contributed by atoms with van der Waals surface area (Å²) in [6, 6.07) is 9.88. The topological polar surface area (TPSA) is 34.9 Å². The molecule has 100 valence electrons. The van der Waals surface area contributed by atoms with Crippen LogP contribution in [-0.2, 0) is 31.1 Å². The number of hydrogen-bond acceptors (Lipinski definition) is 2. The number of nitrogens with zero attached hydrogens (tertiary/aromatic N) is 2. The Balaban J connectivity index is 2.03. The lowest BCUT2D eigenvalue weighted by Crippen LogP contribution is -2.10. The van der Waals surface area contributed by atoms with Crippen LogP contribution in [0.2, 0.25) is 0 Å². The van der Waals surface area contributed by atoms with Gasteiger partial charge in [0.1, 0.15) is 5.78 Å². The van der Waals surface area contributed by atoms with Crippen molar-refractivity contribution in [2.24, 2.45) is 7.05 Å². The number of carbonyl (C=O) groups excluding carboxylic acids is 1. The number of ketones is 1. The predicted octanol–water partition coefficient (Wildman–Crippen LogP) is 3.10. The first kappa shape index (κ1) is 14.0. The zero-order valence-corrected chi connectivity index (χ0v) is 12.8. The second-order valence-corrected chi connectivity index (χ2v) is 5.54. The third kappa shape index (κ3) is 3.77. The van der Waals surface area contributed by atoms with Gasteiger partial charge in [-0.15, -0.1) is 0 Å². The van der Waals surface area contributed by atoms with Crippen LogP contribution in [-0.4, -0.2) is 15.6 Å². The van der Waals surface area contributed by atoms with Crippen LogP contribution in [0.1, 0.15) is 23.9 Å². The van der Waals surface area contributed by atoms with Crippen LogP contribution in [0, 0.1) is 0 Å². The number of aromatic nitrogens is 2. The minimum Gasteiger partial charge on any atom is -0.299 e. The number of Topliss-reactive ketones (excluding diaryl/α,β-unsaturated/α-hetero) is 1. The SMILES string of the molecule is CCc1cc(CC(=O)Cc2cccc(Br)c2)n(C)n1. The highest BCUT2D eigenvalue weighted by Gasteiger charge is 2.10. The third-order valence-corrected chi connectivity index (χ3v) is 3.55. The highest BCUT2D eigenvalue weighted by Crippen LogP contribution is 2.13. The number of carbonyl (C=O) groups is 1. The molecule has 0 N–H and O–H groups in total. The maximum absolute atomic E-state index is 12.1. The van der Waals surface area contributed by atoms with Crippen molar-refractivity contribution in [2.45, 2.75) is 26.2 Å². The lowest BCUT2D eigenvalue weighted by atomic mass is 10.1. The summed E-state index contributed by atoms with van der Waals surface area (Å²) in [5.41, 5.74) is 3.06. The highest BCUT2D eigenvalue weighted by molar-refractivity contribution is 9.10. The summed E-state index contributed by atoms with van der Waals surface area (Å²) in [5.74, 6) is 0.212. The minimum absolute atomic E-state index is 0.212. The smallest absolute Gasteiger partial charge is 0.143 e. The van der Waals surface area contributed by atoms with Crippen LogP contribution >= 0.6 is 15.9 Å². The highest BCUT2D eigenvalue weighted by atomic mass is 79.9. The van der Waals surface area contributed by atoms with E-state index < -0.39 is 0 Å². The summed E-state index contributed by atoms with van der Waals surface area (Å²) >= 11 is 3.42. The lowest BCUT2D eigenvalue weighted by Gasteiger charge is -2.03. The molecular formula is C15H17BrN2O. The van der Waals surface area contributed by atoms with Crippen LogP contribution < -0.4 is 0 Å². The largest absolute Gasteiger partial charge is 0.299 e. The molecule has 2 rings (SSSR count). The normalized spacial score (nSPS) is 10.7. The summed E-state index contributed by atoms with van der Waals surface area (Å²) in [6.45, 7) is 2.06. The summed E-state index contributed by atoms with van der Waals surface area (Å²) in [7, 11) is 1.89. The first-order valence-corrected chi connectivity index (χ1v) is 7.15. The summed E-state index contributed by atoms with van der Waals surface area (Å²) < 4.78 is 2.81. The summed E-state index contributed by atoms with van der Waals surface area (Å²) in [5, 5.41) is 4.36. The lowest BCUT2D eigenvalue weighted by molar-refractivity contribution is -0.117. The van der Waals surface area contributed by atoms with Gasteiger partial charge >= 0.3 is 0 Å². The number of rotatable bonds is 5. The van der Waals surface area contributed by atoms with E-state index in [0.717, 1.165) is 27.8 Å². The van der Waals surface area contributed by atoms with Gasteiger partial charge in [0.2, 0.25) is 0 Å². The molecule has 0 aliphatic carbocycles. The van der Waals surface area contributed by atoms with Crippen molar-refractivity contribution in [1.29, 1.82) is 0 Å². The molecule has 0 bridgehead atoms. The van der Waals surface area contributed by atoms with E-state index in [9.17, 15) is 4.79 Å². The monoisotopic (exact) mass is 320 g/mol. The van der Waals surface area contributed by atoms with Gasteiger partial charge in [-0.25, -0.2) is 0 Å². The fraction of sp³-hybridized carbons (Fsp3) is 0.333. The van der Waals surface area contributed by atoms with E-state index in [-0.39, 0.29) is 5.78 Å². The molecule has 3 nitrogen and oxygen atoms in total. The van der Waals surface area contributed by atoms with Crippen molar-refractivity contribution in [3.63, 3.8) is 0 Å². The van der Waals surface area contributed by atoms with E-state index in [1.165, 1.54) is 0 Å². The van der Waals surface area contributed by atoms with Crippen LogP contribution in [0.25, 0.3) is 0 Å². The van der Waals surface area contributed by atoms with Crippen molar-refractivity contribution in [3.8, 4) is 0 Å². The molecule has 0 spiro atoms. The molecular weight excluding hydrogens is 304 g/mol. The van der Waals surface area contributed by atoms with E-state index in [4.69, 9.17) is 0 Å². The third-order valence-electron chi connectivity index (χ3n) is 3.06. The van der Waals surface area contributed by atoms with Gasteiger partial charge in [-0.3, -0.25) is 9.48 Å². The second kappa shape index (κ2) is 6.15. The number of aryl methyl sites for hydroxylation is 2. The predicted molar refractivity (Wildman–Crippen MR) is 79.1 cm³/mol. The Morgan fingerprint density at radius 2 is 2.11 bits per heavy atom.